The van der Waals surface area contributed by atoms with Crippen LogP contribution in [-0.2, 0) is 35.5 Å². The van der Waals surface area contributed by atoms with Gasteiger partial charge < -0.3 is 14.2 Å². The second-order valence-corrected chi connectivity index (χ2v) is 6.06. The van der Waals surface area contributed by atoms with Crippen molar-refractivity contribution in [2.45, 2.75) is 39.0 Å². The number of fused-ring (bicyclic) bond motifs is 1. The number of aromatic nitrogens is 3. The van der Waals surface area contributed by atoms with Crippen molar-refractivity contribution in [3.63, 3.8) is 0 Å². The first-order chi connectivity index (χ1) is 11.6. The topological polar surface area (TPSA) is 60.3 Å². The zero-order valence-electron chi connectivity index (χ0n) is 13.9. The van der Waals surface area contributed by atoms with Crippen molar-refractivity contribution in [1.82, 2.24) is 19.7 Å². The molecule has 0 unspecified atom stereocenters. The van der Waals surface area contributed by atoms with E-state index in [1.54, 1.807) is 19.2 Å². The summed E-state index contributed by atoms with van der Waals surface area (Å²) in [5.41, 5.74) is 0.817. The molecule has 1 aromatic heterocycles. The quantitative estimate of drug-likeness (QED) is 0.853. The second-order valence-electron chi connectivity index (χ2n) is 6.06. The Morgan fingerprint density at radius 1 is 1.29 bits per heavy atom. The Morgan fingerprint density at radius 3 is 2.75 bits per heavy atom. The number of methoxy groups -OCH3 is 1. The second kappa shape index (κ2) is 7.09. The van der Waals surface area contributed by atoms with Crippen LogP contribution in [0.3, 0.4) is 0 Å². The van der Waals surface area contributed by atoms with Crippen molar-refractivity contribution < 1.29 is 13.9 Å². The monoisotopic (exact) mass is 332 g/mol. The summed E-state index contributed by atoms with van der Waals surface area (Å²) < 4.78 is 20.2. The van der Waals surface area contributed by atoms with Crippen molar-refractivity contribution in [2.75, 3.05) is 13.7 Å². The molecular formula is C17H21FN4O2. The molecule has 0 aliphatic carbocycles. The first-order valence-corrected chi connectivity index (χ1v) is 8.02. The van der Waals surface area contributed by atoms with E-state index in [-0.39, 0.29) is 24.2 Å². The predicted octanol–water partition coefficient (Wildman–Crippen LogP) is 1.58. The Labute approximate surface area is 140 Å². The highest BCUT2D eigenvalue weighted by atomic mass is 19.1. The van der Waals surface area contributed by atoms with Gasteiger partial charge in [-0.3, -0.25) is 4.79 Å². The normalized spacial score (nSPS) is 17.5. The summed E-state index contributed by atoms with van der Waals surface area (Å²) in [6.07, 6.45) is 0.933. The number of carbonyl (C=O) groups is 1. The van der Waals surface area contributed by atoms with E-state index < -0.39 is 0 Å². The summed E-state index contributed by atoms with van der Waals surface area (Å²) in [5, 5.41) is 8.39. The lowest BCUT2D eigenvalue weighted by Crippen LogP contribution is -2.41. The molecule has 0 bridgehead atoms. The highest BCUT2D eigenvalue weighted by molar-refractivity contribution is 5.79. The van der Waals surface area contributed by atoms with Crippen LogP contribution in [0.5, 0.6) is 0 Å². The summed E-state index contributed by atoms with van der Waals surface area (Å²) in [6, 6.07) is 6.11. The van der Waals surface area contributed by atoms with Gasteiger partial charge in [0.25, 0.3) is 0 Å². The van der Waals surface area contributed by atoms with E-state index in [1.807, 2.05) is 16.4 Å². The number of carbonyl (C=O) groups excluding carboxylic acids is 1. The van der Waals surface area contributed by atoms with Crippen molar-refractivity contribution in [3.05, 3.63) is 47.3 Å². The van der Waals surface area contributed by atoms with Gasteiger partial charge in [0.2, 0.25) is 5.91 Å². The third-order valence-electron chi connectivity index (χ3n) is 4.34. The van der Waals surface area contributed by atoms with Gasteiger partial charge in [0, 0.05) is 32.7 Å². The van der Waals surface area contributed by atoms with Crippen LogP contribution in [0.15, 0.2) is 24.3 Å². The average Bonchev–Trinajstić information content (AvgIpc) is 2.83. The van der Waals surface area contributed by atoms with Gasteiger partial charge in [-0.2, -0.15) is 0 Å². The maximum absolute atomic E-state index is 13.0. The molecule has 1 aliphatic rings. The minimum atomic E-state index is -0.294. The highest BCUT2D eigenvalue weighted by Crippen LogP contribution is 2.16. The fourth-order valence-corrected chi connectivity index (χ4v) is 3.07. The molecule has 7 heteroatoms. The third kappa shape index (κ3) is 3.46. The van der Waals surface area contributed by atoms with Gasteiger partial charge in [-0.1, -0.05) is 12.1 Å². The lowest BCUT2D eigenvalue weighted by atomic mass is 10.1. The maximum atomic E-state index is 13.0. The zero-order valence-corrected chi connectivity index (χ0v) is 13.9. The number of ether oxygens (including phenoxy) is 1. The smallest absolute Gasteiger partial charge is 0.227 e. The van der Waals surface area contributed by atoms with Gasteiger partial charge in [-0.15, -0.1) is 10.2 Å². The summed E-state index contributed by atoms with van der Waals surface area (Å²) in [6.45, 7) is 3.68. The maximum Gasteiger partial charge on any atom is 0.227 e. The molecule has 0 saturated carbocycles. The zero-order chi connectivity index (χ0) is 17.1. The van der Waals surface area contributed by atoms with Crippen molar-refractivity contribution in [2.24, 2.45) is 0 Å². The molecule has 0 fully saturated rings. The molecule has 128 valence electrons. The third-order valence-corrected chi connectivity index (χ3v) is 4.34. The van der Waals surface area contributed by atoms with E-state index in [0.717, 1.165) is 17.2 Å². The minimum absolute atomic E-state index is 0.0405. The summed E-state index contributed by atoms with van der Waals surface area (Å²) in [4.78, 5) is 14.5. The SMILES string of the molecule is COCc1nnc2n1CCN(C(=O)Cc1ccc(F)cc1)[C@H](C)C2. The van der Waals surface area contributed by atoms with Gasteiger partial charge in [-0.05, 0) is 24.6 Å². The Hall–Kier alpha value is -2.28. The predicted molar refractivity (Wildman–Crippen MR) is 85.7 cm³/mol. The van der Waals surface area contributed by atoms with Crippen LogP contribution in [-0.4, -0.2) is 45.3 Å². The van der Waals surface area contributed by atoms with Crippen LogP contribution < -0.4 is 0 Å². The van der Waals surface area contributed by atoms with Gasteiger partial charge >= 0.3 is 0 Å². The number of nitrogens with zero attached hydrogens (tertiary/aromatic N) is 4. The molecule has 2 aromatic rings. The molecule has 24 heavy (non-hydrogen) atoms. The molecule has 1 atom stereocenters. The lowest BCUT2D eigenvalue weighted by molar-refractivity contribution is -0.132. The number of rotatable bonds is 4. The number of hydrogen-bond donors (Lipinski definition) is 0. The van der Waals surface area contributed by atoms with E-state index in [1.165, 1.54) is 12.1 Å². The van der Waals surface area contributed by atoms with E-state index >= 15 is 0 Å². The number of halogens is 1. The number of benzene rings is 1. The van der Waals surface area contributed by atoms with Crippen LogP contribution in [0.4, 0.5) is 4.39 Å². The van der Waals surface area contributed by atoms with E-state index in [9.17, 15) is 9.18 Å². The average molecular weight is 332 g/mol. The molecule has 0 radical (unpaired) electrons. The van der Waals surface area contributed by atoms with Crippen molar-refractivity contribution >= 4 is 5.91 Å². The largest absolute Gasteiger partial charge is 0.377 e. The van der Waals surface area contributed by atoms with Gasteiger partial charge in [-0.25, -0.2) is 4.39 Å². The van der Waals surface area contributed by atoms with Gasteiger partial charge in [0.15, 0.2) is 5.82 Å². The van der Waals surface area contributed by atoms with E-state index in [4.69, 9.17) is 4.74 Å². The molecule has 1 aliphatic heterocycles. The first kappa shape index (κ1) is 16.6. The Kier molecular flexibility index (Phi) is 4.89. The molecule has 0 saturated heterocycles. The van der Waals surface area contributed by atoms with Crippen molar-refractivity contribution in [1.29, 1.82) is 0 Å². The minimum Gasteiger partial charge on any atom is -0.377 e. The molecule has 1 aromatic carbocycles. The molecule has 0 N–H and O–H groups in total. The number of hydrogen-bond acceptors (Lipinski definition) is 4. The Balaban J connectivity index is 1.71. The summed E-state index contributed by atoms with van der Waals surface area (Å²) in [7, 11) is 1.62. The van der Waals surface area contributed by atoms with Crippen LogP contribution in [0.1, 0.15) is 24.1 Å². The van der Waals surface area contributed by atoms with Crippen LogP contribution in [0.25, 0.3) is 0 Å². The molecule has 2 heterocycles. The van der Waals surface area contributed by atoms with E-state index in [2.05, 4.69) is 10.2 Å². The van der Waals surface area contributed by atoms with Gasteiger partial charge in [0.05, 0.1) is 6.42 Å². The molecule has 3 rings (SSSR count). The molecule has 0 spiro atoms. The van der Waals surface area contributed by atoms with Crippen LogP contribution in [0, 0.1) is 5.82 Å². The standard InChI is InChI=1S/C17H21FN4O2/c1-12-9-15-19-20-16(11-24-2)22(15)8-7-21(12)17(23)10-13-3-5-14(18)6-4-13/h3-6,12H,7-11H2,1-2H3/t12-/m1/s1. The Morgan fingerprint density at radius 2 is 2.04 bits per heavy atom. The van der Waals surface area contributed by atoms with Crippen molar-refractivity contribution in [3.8, 4) is 0 Å². The lowest BCUT2D eigenvalue weighted by Gasteiger charge is -2.26. The van der Waals surface area contributed by atoms with Gasteiger partial charge in [0.1, 0.15) is 18.2 Å². The fraction of sp³-hybridized carbons (Fsp3) is 0.471. The Bertz CT molecular complexity index is 714. The molecular weight excluding hydrogens is 311 g/mol. The molecule has 1 amide bonds. The van der Waals surface area contributed by atoms with E-state index in [0.29, 0.717) is 26.1 Å². The summed E-state index contributed by atoms with van der Waals surface area (Å²) >= 11 is 0. The summed E-state index contributed by atoms with van der Waals surface area (Å²) in [5.74, 6) is 1.42. The first-order valence-electron chi connectivity index (χ1n) is 8.02. The van der Waals surface area contributed by atoms with Crippen LogP contribution in [0.2, 0.25) is 0 Å². The fourth-order valence-electron chi connectivity index (χ4n) is 3.07. The molecule has 6 nitrogen and oxygen atoms in total. The van der Waals surface area contributed by atoms with Crippen LogP contribution >= 0.6 is 0 Å². The highest BCUT2D eigenvalue weighted by Gasteiger charge is 2.27. The number of amides is 1.